The Morgan fingerprint density at radius 1 is 1.44 bits per heavy atom. The Morgan fingerprint density at radius 3 is 2.96 bits per heavy atom. The quantitative estimate of drug-likeness (QED) is 0.758. The summed E-state index contributed by atoms with van der Waals surface area (Å²) in [5, 5.41) is 10.6. The first-order valence-corrected chi connectivity index (χ1v) is 7.88. The molecule has 1 saturated carbocycles. The van der Waals surface area contributed by atoms with Crippen LogP contribution in [-0.4, -0.2) is 39.4 Å². The van der Waals surface area contributed by atoms with Crippen LogP contribution in [0.3, 0.4) is 0 Å². The number of nitrogens with zero attached hydrogens (tertiary/aromatic N) is 3. The molecule has 3 heterocycles. The van der Waals surface area contributed by atoms with Crippen LogP contribution in [-0.2, 0) is 4.79 Å². The summed E-state index contributed by atoms with van der Waals surface area (Å²) >= 11 is 0. The maximum absolute atomic E-state index is 13.0. The molecule has 2 unspecified atom stereocenters. The topological polar surface area (TPSA) is 92.8 Å². The molecule has 0 radical (unpaired) electrons. The van der Waals surface area contributed by atoms with Gasteiger partial charge in [-0.1, -0.05) is 0 Å². The second kappa shape index (κ2) is 5.80. The molecule has 1 aliphatic carbocycles. The molecule has 3 aromatic heterocycles. The molecule has 0 bridgehead atoms. The molecule has 1 fully saturated rings. The zero-order valence-electron chi connectivity index (χ0n) is 13.7. The smallest absolute Gasteiger partial charge is 0.231 e. The van der Waals surface area contributed by atoms with Gasteiger partial charge in [0.15, 0.2) is 5.65 Å². The number of anilines is 1. The highest BCUT2D eigenvalue weighted by Gasteiger charge is 2.43. The van der Waals surface area contributed by atoms with Crippen molar-refractivity contribution in [2.24, 2.45) is 5.92 Å². The lowest BCUT2D eigenvalue weighted by atomic mass is 10.1. The van der Waals surface area contributed by atoms with Crippen LogP contribution in [0, 0.1) is 12.8 Å². The average Bonchev–Trinajstić information content (AvgIpc) is 3.20. The summed E-state index contributed by atoms with van der Waals surface area (Å²) in [6, 6.07) is 5.37. The Balaban J connectivity index is 0.00000131. The number of pyridine rings is 2. The van der Waals surface area contributed by atoms with Gasteiger partial charge in [0, 0.05) is 14.4 Å². The van der Waals surface area contributed by atoms with E-state index in [1.54, 1.807) is 19.4 Å². The second-order valence-corrected chi connectivity index (χ2v) is 6.03. The predicted octanol–water partition coefficient (Wildman–Crippen LogP) is 3.13. The molecule has 0 saturated heterocycles. The maximum Gasteiger partial charge on any atom is 0.231 e. The van der Waals surface area contributed by atoms with Crippen LogP contribution in [0.25, 0.3) is 22.3 Å². The fourth-order valence-electron chi connectivity index (χ4n) is 2.80. The van der Waals surface area contributed by atoms with E-state index in [-0.39, 0.29) is 15.2 Å². The van der Waals surface area contributed by atoms with Crippen molar-refractivity contribution in [3.8, 4) is 17.1 Å². The third-order valence-electron chi connectivity index (χ3n) is 4.29. The number of aryl methyl sites for hydroxylation is 1. The Morgan fingerprint density at radius 2 is 2.24 bits per heavy atom. The molecule has 7 nitrogen and oxygen atoms in total. The summed E-state index contributed by atoms with van der Waals surface area (Å²) in [6.45, 7) is 1.96. The van der Waals surface area contributed by atoms with Crippen molar-refractivity contribution < 1.29 is 16.8 Å². The number of carbonyl (C=O) groups excluding carboxylic acids is 1. The van der Waals surface area contributed by atoms with Gasteiger partial charge >= 0.3 is 0 Å². The zero-order chi connectivity index (χ0) is 17.6. The van der Waals surface area contributed by atoms with Gasteiger partial charge in [-0.15, -0.1) is 0 Å². The summed E-state index contributed by atoms with van der Waals surface area (Å²) in [6.07, 6.45) is 0.917. The monoisotopic (exact) mass is 345 g/mol. The van der Waals surface area contributed by atoms with Gasteiger partial charge in [-0.25, -0.2) is 14.4 Å². The number of methoxy groups -OCH3 is 1. The largest absolute Gasteiger partial charge is 0.480 e. The number of halogens is 1. The van der Waals surface area contributed by atoms with Crippen molar-refractivity contribution in [1.82, 2.24) is 20.2 Å². The molecule has 0 aromatic carbocycles. The number of amides is 1. The number of hydrogen-bond acceptors (Lipinski definition) is 5. The van der Waals surface area contributed by atoms with Gasteiger partial charge in [-0.3, -0.25) is 9.89 Å². The van der Waals surface area contributed by atoms with E-state index < -0.39 is 12.1 Å². The summed E-state index contributed by atoms with van der Waals surface area (Å²) < 4.78 is 18.3. The Labute approximate surface area is 145 Å². The summed E-state index contributed by atoms with van der Waals surface area (Å²) in [7, 11) is 1.56. The van der Waals surface area contributed by atoms with E-state index in [0.29, 0.717) is 17.3 Å². The van der Waals surface area contributed by atoms with Gasteiger partial charge in [-0.2, -0.15) is 5.10 Å². The lowest BCUT2D eigenvalue weighted by Gasteiger charge is -2.09. The number of carbonyl (C=O) groups is 1. The molecule has 0 aliphatic heterocycles. The Hall–Kier alpha value is -3.03. The molecule has 1 aliphatic rings. The third-order valence-corrected chi connectivity index (χ3v) is 4.29. The second-order valence-electron chi connectivity index (χ2n) is 6.03. The molecule has 0 spiro atoms. The van der Waals surface area contributed by atoms with E-state index in [2.05, 4.69) is 25.5 Å². The van der Waals surface area contributed by atoms with Gasteiger partial charge < -0.3 is 10.1 Å². The van der Waals surface area contributed by atoms with E-state index in [0.717, 1.165) is 22.2 Å². The number of ether oxygens (including phenoxy) is 1. The average molecular weight is 345 g/mol. The third kappa shape index (κ3) is 2.69. The molecule has 3 aromatic rings. The number of hydrogen-bond donors (Lipinski definition) is 2. The van der Waals surface area contributed by atoms with Crippen LogP contribution >= 0.6 is 0 Å². The summed E-state index contributed by atoms with van der Waals surface area (Å²) in [5.74, 6) is -0.0652. The van der Waals surface area contributed by atoms with Crippen molar-refractivity contribution in [3.63, 3.8) is 0 Å². The van der Waals surface area contributed by atoms with Gasteiger partial charge in [0.05, 0.1) is 24.3 Å². The minimum Gasteiger partial charge on any atom is -0.480 e. The fourth-order valence-corrected chi connectivity index (χ4v) is 2.80. The molecular weight excluding hydrogens is 325 g/mol. The highest BCUT2D eigenvalue weighted by molar-refractivity contribution is 5.97. The lowest BCUT2D eigenvalue weighted by molar-refractivity contribution is -0.117. The van der Waals surface area contributed by atoms with Crippen LogP contribution in [0.15, 0.2) is 24.4 Å². The number of alkyl halides is 1. The first-order chi connectivity index (χ1) is 12.1. The Bertz CT molecular complexity index is 981. The van der Waals surface area contributed by atoms with Crippen molar-refractivity contribution in [2.75, 3.05) is 12.4 Å². The number of H-pyrrole nitrogens is 1. The molecule has 2 N–H and O–H groups in total. The summed E-state index contributed by atoms with van der Waals surface area (Å²) in [4.78, 5) is 20.4. The number of aromatic nitrogens is 4. The van der Waals surface area contributed by atoms with Crippen molar-refractivity contribution >= 4 is 22.8 Å². The Kier molecular flexibility index (Phi) is 3.60. The molecule has 132 valence electrons. The first kappa shape index (κ1) is 15.5. The van der Waals surface area contributed by atoms with Gasteiger partial charge in [0.2, 0.25) is 11.8 Å². The predicted molar refractivity (Wildman–Crippen MR) is 94.3 cm³/mol. The standard InChI is InChI=1S/C17H16FN5O2.2H2/c1-8-5-6-19-17(25-2)13(8)14-9-3-4-12(20-15(9)23-22-14)21-16(24)10-7-11(10)18;;/h3-6,10-11H,7H2,1-2H3,(H2,20,21,22,23,24);2*1H. The van der Waals surface area contributed by atoms with Crippen molar-refractivity contribution in [1.29, 1.82) is 0 Å². The van der Waals surface area contributed by atoms with Gasteiger partial charge in [0.25, 0.3) is 0 Å². The van der Waals surface area contributed by atoms with Crippen LogP contribution in [0.5, 0.6) is 5.88 Å². The highest BCUT2D eigenvalue weighted by atomic mass is 19.1. The SMILES string of the molecule is COc1nccc(C)c1-c1[nH]nc2nc(NC(=O)C3CC3F)ccc12.[HH].[HH]. The zero-order valence-corrected chi connectivity index (χ0v) is 13.7. The lowest BCUT2D eigenvalue weighted by Crippen LogP contribution is -2.15. The van der Waals surface area contributed by atoms with Crippen molar-refractivity contribution in [2.45, 2.75) is 19.5 Å². The van der Waals surface area contributed by atoms with Gasteiger partial charge in [-0.05, 0) is 37.1 Å². The number of fused-ring (bicyclic) bond motifs is 1. The van der Waals surface area contributed by atoms with Crippen LogP contribution in [0.4, 0.5) is 10.2 Å². The van der Waals surface area contributed by atoms with E-state index in [1.807, 2.05) is 19.1 Å². The van der Waals surface area contributed by atoms with E-state index in [9.17, 15) is 9.18 Å². The number of nitrogens with one attached hydrogen (secondary N) is 2. The fraction of sp³-hybridized carbons (Fsp3) is 0.294. The highest BCUT2D eigenvalue weighted by Crippen LogP contribution is 2.36. The molecular formula is C17H20FN5O2. The summed E-state index contributed by atoms with van der Waals surface area (Å²) in [5.41, 5.74) is 2.99. The van der Waals surface area contributed by atoms with E-state index in [4.69, 9.17) is 4.74 Å². The maximum atomic E-state index is 13.0. The number of rotatable bonds is 4. The normalized spacial score (nSPS) is 19.0. The molecule has 1 amide bonds. The molecule has 4 rings (SSSR count). The van der Waals surface area contributed by atoms with E-state index in [1.165, 1.54) is 0 Å². The number of aromatic amines is 1. The molecule has 2 atom stereocenters. The first-order valence-electron chi connectivity index (χ1n) is 7.88. The minimum atomic E-state index is -1.04. The van der Waals surface area contributed by atoms with Crippen LogP contribution in [0.2, 0.25) is 0 Å². The molecule has 8 heteroatoms. The minimum absolute atomic E-state index is 0. The van der Waals surface area contributed by atoms with Crippen molar-refractivity contribution in [3.05, 3.63) is 30.0 Å². The van der Waals surface area contributed by atoms with Crippen LogP contribution < -0.4 is 10.1 Å². The van der Waals surface area contributed by atoms with Crippen LogP contribution in [0.1, 0.15) is 14.8 Å². The molecule has 25 heavy (non-hydrogen) atoms. The van der Waals surface area contributed by atoms with Gasteiger partial charge in [0.1, 0.15) is 12.0 Å². The van der Waals surface area contributed by atoms with E-state index >= 15 is 0 Å².